The van der Waals surface area contributed by atoms with E-state index in [1.165, 1.54) is 18.3 Å². The molecule has 0 atom stereocenters. The zero-order valence-electron chi connectivity index (χ0n) is 11.5. The smallest absolute Gasteiger partial charge is 0.338 e. The van der Waals surface area contributed by atoms with E-state index in [0.717, 1.165) is 0 Å². The molecule has 1 aliphatic heterocycles. The van der Waals surface area contributed by atoms with Crippen LogP contribution in [0.4, 0.5) is 0 Å². The third-order valence-corrected chi connectivity index (χ3v) is 3.63. The molecule has 0 bridgehead atoms. The highest BCUT2D eigenvalue weighted by Crippen LogP contribution is 2.22. The predicted octanol–water partition coefficient (Wildman–Crippen LogP) is 0.507. The molecular formula is C14H17N3O4. The van der Waals surface area contributed by atoms with Crippen molar-refractivity contribution in [3.05, 3.63) is 29.6 Å². The Hall–Kier alpha value is -2.44. The number of aromatic nitrogens is 1. The van der Waals surface area contributed by atoms with Crippen LogP contribution in [-0.4, -0.2) is 45.9 Å². The molecule has 1 aromatic rings. The largest absolute Gasteiger partial charge is 0.478 e. The number of piperidine rings is 1. The van der Waals surface area contributed by atoms with Crippen molar-refractivity contribution in [3.8, 4) is 0 Å². The maximum atomic E-state index is 12.4. The molecule has 112 valence electrons. The molecule has 0 aromatic carbocycles. The molecule has 21 heavy (non-hydrogen) atoms. The van der Waals surface area contributed by atoms with Crippen LogP contribution in [0.1, 0.15) is 40.1 Å². The molecule has 0 radical (unpaired) electrons. The van der Waals surface area contributed by atoms with E-state index < -0.39 is 5.97 Å². The fourth-order valence-corrected chi connectivity index (χ4v) is 2.52. The van der Waals surface area contributed by atoms with Crippen molar-refractivity contribution in [2.45, 2.75) is 19.3 Å². The number of amides is 2. The first-order valence-electron chi connectivity index (χ1n) is 6.75. The lowest BCUT2D eigenvalue weighted by Gasteiger charge is -2.31. The fourth-order valence-electron chi connectivity index (χ4n) is 2.52. The molecule has 2 heterocycles. The molecule has 0 unspecified atom stereocenters. The van der Waals surface area contributed by atoms with Crippen molar-refractivity contribution < 1.29 is 19.5 Å². The van der Waals surface area contributed by atoms with E-state index >= 15 is 0 Å². The summed E-state index contributed by atoms with van der Waals surface area (Å²) in [6, 6.07) is 2.85. The zero-order valence-corrected chi connectivity index (χ0v) is 11.5. The van der Waals surface area contributed by atoms with Gasteiger partial charge in [0.05, 0.1) is 5.56 Å². The maximum Gasteiger partial charge on any atom is 0.338 e. The van der Waals surface area contributed by atoms with Gasteiger partial charge in [-0.3, -0.25) is 14.6 Å². The molecule has 0 spiro atoms. The van der Waals surface area contributed by atoms with Gasteiger partial charge in [0.2, 0.25) is 5.91 Å². The Morgan fingerprint density at radius 1 is 1.33 bits per heavy atom. The van der Waals surface area contributed by atoms with E-state index in [1.807, 2.05) is 0 Å². The number of aromatic carboxylic acids is 1. The number of hydrogen-bond acceptors (Lipinski definition) is 4. The first-order valence-corrected chi connectivity index (χ1v) is 6.75. The van der Waals surface area contributed by atoms with Crippen molar-refractivity contribution >= 4 is 17.8 Å². The summed E-state index contributed by atoms with van der Waals surface area (Å²) in [5, 5.41) is 9.09. The number of hydrogen-bond donors (Lipinski definition) is 2. The highest BCUT2D eigenvalue weighted by molar-refractivity contribution is 6.03. The van der Waals surface area contributed by atoms with Crippen LogP contribution in [0.2, 0.25) is 0 Å². The van der Waals surface area contributed by atoms with Crippen LogP contribution in [0.5, 0.6) is 0 Å². The molecule has 0 aliphatic carbocycles. The summed E-state index contributed by atoms with van der Waals surface area (Å²) in [7, 11) is 0. The average molecular weight is 291 g/mol. The normalized spacial score (nSPS) is 15.7. The molecule has 1 aromatic heterocycles. The van der Waals surface area contributed by atoms with Gasteiger partial charge in [-0.25, -0.2) is 4.79 Å². The summed E-state index contributed by atoms with van der Waals surface area (Å²) in [6.07, 6.45) is 3.10. The van der Waals surface area contributed by atoms with Gasteiger partial charge in [0.1, 0.15) is 5.69 Å². The third kappa shape index (κ3) is 3.56. The number of nitrogens with zero attached hydrogens (tertiary/aromatic N) is 2. The standard InChI is InChI=1S/C14H17N3O4/c15-11(18)8-9-3-6-17(7-4-9)13(19)12-10(14(20)21)2-1-5-16-12/h1-2,5,9H,3-4,6-8H2,(H2,15,18)(H,20,21). The summed E-state index contributed by atoms with van der Waals surface area (Å²) in [6.45, 7) is 0.957. The number of likely N-dealkylation sites (tertiary alicyclic amines) is 1. The topological polar surface area (TPSA) is 114 Å². The predicted molar refractivity (Wildman–Crippen MR) is 73.6 cm³/mol. The number of pyridine rings is 1. The Balaban J connectivity index is 2.06. The van der Waals surface area contributed by atoms with Crippen molar-refractivity contribution in [2.24, 2.45) is 11.7 Å². The lowest BCUT2D eigenvalue weighted by atomic mass is 9.93. The lowest BCUT2D eigenvalue weighted by Crippen LogP contribution is -2.40. The van der Waals surface area contributed by atoms with Gasteiger partial charge in [0.15, 0.2) is 0 Å². The maximum absolute atomic E-state index is 12.4. The number of carboxylic acids is 1. The number of carbonyl (C=O) groups is 3. The molecule has 1 fully saturated rings. The summed E-state index contributed by atoms with van der Waals surface area (Å²) in [4.78, 5) is 39.8. The number of nitrogens with two attached hydrogens (primary N) is 1. The summed E-state index contributed by atoms with van der Waals surface area (Å²) in [5.41, 5.74) is 5.03. The van der Waals surface area contributed by atoms with Crippen LogP contribution in [0, 0.1) is 5.92 Å². The Bertz CT molecular complexity index is 565. The Labute approximate surface area is 121 Å². The number of carbonyl (C=O) groups excluding carboxylic acids is 2. The van der Waals surface area contributed by atoms with Gasteiger partial charge in [-0.1, -0.05) is 0 Å². The molecule has 2 rings (SSSR count). The molecule has 2 amide bonds. The first kappa shape index (κ1) is 15.0. The van der Waals surface area contributed by atoms with Crippen LogP contribution < -0.4 is 5.73 Å². The van der Waals surface area contributed by atoms with E-state index in [9.17, 15) is 14.4 Å². The molecular weight excluding hydrogens is 274 g/mol. The van der Waals surface area contributed by atoms with Gasteiger partial charge >= 0.3 is 5.97 Å². The quantitative estimate of drug-likeness (QED) is 0.839. The Morgan fingerprint density at radius 3 is 2.57 bits per heavy atom. The first-order chi connectivity index (χ1) is 9.99. The van der Waals surface area contributed by atoms with Crippen molar-refractivity contribution in [1.82, 2.24) is 9.88 Å². The third-order valence-electron chi connectivity index (χ3n) is 3.63. The van der Waals surface area contributed by atoms with Gasteiger partial charge in [-0.15, -0.1) is 0 Å². The second-order valence-corrected chi connectivity index (χ2v) is 5.11. The molecule has 1 aliphatic rings. The SMILES string of the molecule is NC(=O)CC1CCN(C(=O)c2ncccc2C(=O)O)CC1. The second-order valence-electron chi connectivity index (χ2n) is 5.11. The monoisotopic (exact) mass is 291 g/mol. The lowest BCUT2D eigenvalue weighted by molar-refractivity contribution is -0.119. The minimum Gasteiger partial charge on any atom is -0.478 e. The second kappa shape index (κ2) is 6.34. The average Bonchev–Trinajstić information content (AvgIpc) is 2.46. The van der Waals surface area contributed by atoms with E-state index in [-0.39, 0.29) is 29.0 Å². The molecule has 1 saturated heterocycles. The zero-order chi connectivity index (χ0) is 15.4. The molecule has 7 nitrogen and oxygen atoms in total. The van der Waals surface area contributed by atoms with Crippen LogP contribution in [-0.2, 0) is 4.79 Å². The summed E-state index contributed by atoms with van der Waals surface area (Å²) >= 11 is 0. The van der Waals surface area contributed by atoms with E-state index in [1.54, 1.807) is 4.90 Å². The van der Waals surface area contributed by atoms with Crippen molar-refractivity contribution in [1.29, 1.82) is 0 Å². The van der Waals surface area contributed by atoms with Gasteiger partial charge < -0.3 is 15.7 Å². The van der Waals surface area contributed by atoms with Crippen LogP contribution in [0.15, 0.2) is 18.3 Å². The van der Waals surface area contributed by atoms with E-state index in [2.05, 4.69) is 4.98 Å². The molecule has 7 heteroatoms. The van der Waals surface area contributed by atoms with Crippen molar-refractivity contribution in [2.75, 3.05) is 13.1 Å². The number of primary amides is 1. The van der Waals surface area contributed by atoms with Gasteiger partial charge in [-0.2, -0.15) is 0 Å². The van der Waals surface area contributed by atoms with Gasteiger partial charge in [0.25, 0.3) is 5.91 Å². The Morgan fingerprint density at radius 2 is 2.00 bits per heavy atom. The minimum atomic E-state index is -1.17. The molecule has 3 N–H and O–H groups in total. The Kier molecular flexibility index (Phi) is 4.52. The highest BCUT2D eigenvalue weighted by atomic mass is 16.4. The fraction of sp³-hybridized carbons (Fsp3) is 0.429. The highest BCUT2D eigenvalue weighted by Gasteiger charge is 2.27. The van der Waals surface area contributed by atoms with Crippen LogP contribution in [0.3, 0.4) is 0 Å². The number of rotatable bonds is 4. The van der Waals surface area contributed by atoms with Gasteiger partial charge in [0, 0.05) is 25.7 Å². The van der Waals surface area contributed by atoms with Gasteiger partial charge in [-0.05, 0) is 30.9 Å². The van der Waals surface area contributed by atoms with E-state index in [4.69, 9.17) is 10.8 Å². The molecule has 0 saturated carbocycles. The van der Waals surface area contributed by atoms with Crippen LogP contribution >= 0.6 is 0 Å². The minimum absolute atomic E-state index is 0.0432. The summed E-state index contributed by atoms with van der Waals surface area (Å²) in [5.74, 6) is -1.70. The van der Waals surface area contributed by atoms with E-state index in [0.29, 0.717) is 32.4 Å². The number of carboxylic acid groups (broad SMARTS) is 1. The summed E-state index contributed by atoms with van der Waals surface area (Å²) < 4.78 is 0. The van der Waals surface area contributed by atoms with Crippen LogP contribution in [0.25, 0.3) is 0 Å². The van der Waals surface area contributed by atoms with Crippen molar-refractivity contribution in [3.63, 3.8) is 0 Å².